The molecule has 1 aromatic rings. The Balaban J connectivity index is 2.09. The second-order valence-corrected chi connectivity index (χ2v) is 6.67. The molecular formula is C11H16N4O3S. The normalized spacial score (nSPS) is 19.5. The minimum Gasteiger partial charge on any atom is -0.365 e. The summed E-state index contributed by atoms with van der Waals surface area (Å²) in [6.45, 7) is 0.554. The molecule has 0 saturated carbocycles. The predicted octanol–water partition coefficient (Wildman–Crippen LogP) is -0.368. The third kappa shape index (κ3) is 3.02. The zero-order valence-electron chi connectivity index (χ0n) is 10.8. The first kappa shape index (κ1) is 13.8. The Morgan fingerprint density at radius 2 is 2.16 bits per heavy atom. The monoisotopic (exact) mass is 284 g/mol. The van der Waals surface area contributed by atoms with Crippen molar-refractivity contribution in [3.8, 4) is 0 Å². The average Bonchev–Trinajstić information content (AvgIpc) is 2.75. The van der Waals surface area contributed by atoms with Crippen LogP contribution in [0.15, 0.2) is 23.2 Å². The van der Waals surface area contributed by atoms with Gasteiger partial charge in [0, 0.05) is 33.3 Å². The summed E-state index contributed by atoms with van der Waals surface area (Å²) in [4.78, 5) is 15.3. The summed E-state index contributed by atoms with van der Waals surface area (Å²) in [6.07, 6.45) is 1.71. The van der Waals surface area contributed by atoms with E-state index in [1.54, 1.807) is 6.07 Å². The lowest BCUT2D eigenvalue weighted by molar-refractivity contribution is -0.119. The second kappa shape index (κ2) is 5.14. The molecule has 0 spiro atoms. The molecule has 0 radical (unpaired) electrons. The van der Waals surface area contributed by atoms with E-state index in [0.717, 1.165) is 4.31 Å². The Labute approximate surface area is 112 Å². The Morgan fingerprint density at radius 1 is 1.42 bits per heavy atom. The number of carbonyl (C=O) groups excluding carboxylic acids is 1. The van der Waals surface area contributed by atoms with E-state index >= 15 is 0 Å². The maximum absolute atomic E-state index is 11.8. The van der Waals surface area contributed by atoms with Gasteiger partial charge in [0.05, 0.1) is 6.04 Å². The molecule has 1 unspecified atom stereocenters. The van der Waals surface area contributed by atoms with Crippen LogP contribution in [0.4, 0.5) is 5.82 Å². The molecule has 1 saturated heterocycles. The molecule has 0 aliphatic carbocycles. The Morgan fingerprint density at radius 3 is 2.63 bits per heavy atom. The minimum absolute atomic E-state index is 0.00342. The van der Waals surface area contributed by atoms with E-state index in [4.69, 9.17) is 0 Å². The van der Waals surface area contributed by atoms with Crippen molar-refractivity contribution >= 4 is 21.7 Å². The Bertz CT molecular complexity index is 568. The van der Waals surface area contributed by atoms with E-state index in [-0.39, 0.29) is 16.8 Å². The zero-order valence-corrected chi connectivity index (χ0v) is 11.6. The van der Waals surface area contributed by atoms with Crippen LogP contribution in [-0.4, -0.2) is 50.3 Å². The van der Waals surface area contributed by atoms with Crippen molar-refractivity contribution in [3.05, 3.63) is 18.3 Å². The van der Waals surface area contributed by atoms with E-state index in [9.17, 15) is 13.2 Å². The Kier molecular flexibility index (Phi) is 3.72. The summed E-state index contributed by atoms with van der Waals surface area (Å²) >= 11 is 0. The first-order chi connectivity index (χ1) is 8.89. The smallest absolute Gasteiger partial charge is 0.244 e. The highest BCUT2D eigenvalue weighted by atomic mass is 32.2. The van der Waals surface area contributed by atoms with Crippen molar-refractivity contribution in [2.24, 2.45) is 0 Å². The molecule has 1 fully saturated rings. The molecule has 1 aliphatic rings. The highest BCUT2D eigenvalue weighted by Crippen LogP contribution is 2.15. The highest BCUT2D eigenvalue weighted by Gasteiger charge is 2.22. The van der Waals surface area contributed by atoms with Gasteiger partial charge >= 0.3 is 0 Å². The zero-order chi connectivity index (χ0) is 14.0. The number of amides is 1. The largest absolute Gasteiger partial charge is 0.365 e. The topological polar surface area (TPSA) is 91.4 Å². The lowest BCUT2D eigenvalue weighted by Gasteiger charge is -2.13. The van der Waals surface area contributed by atoms with Gasteiger partial charge in [-0.15, -0.1) is 0 Å². The number of pyridine rings is 1. The maximum atomic E-state index is 11.8. The van der Waals surface area contributed by atoms with Gasteiger partial charge in [0.15, 0.2) is 0 Å². The van der Waals surface area contributed by atoms with Crippen LogP contribution in [0.3, 0.4) is 0 Å². The van der Waals surface area contributed by atoms with Crippen LogP contribution in [0.5, 0.6) is 0 Å². The molecule has 19 heavy (non-hydrogen) atoms. The van der Waals surface area contributed by atoms with Crippen LogP contribution in [0.25, 0.3) is 0 Å². The first-order valence-electron chi connectivity index (χ1n) is 5.81. The lowest BCUT2D eigenvalue weighted by Crippen LogP contribution is -2.24. The van der Waals surface area contributed by atoms with Crippen molar-refractivity contribution in [2.45, 2.75) is 17.4 Å². The van der Waals surface area contributed by atoms with Crippen LogP contribution in [0, 0.1) is 0 Å². The molecule has 2 rings (SSSR count). The van der Waals surface area contributed by atoms with Crippen molar-refractivity contribution in [2.75, 3.05) is 26.0 Å². The van der Waals surface area contributed by atoms with Gasteiger partial charge in [-0.1, -0.05) is 0 Å². The van der Waals surface area contributed by atoms with Gasteiger partial charge in [0.25, 0.3) is 0 Å². The third-order valence-electron chi connectivity index (χ3n) is 2.84. The minimum atomic E-state index is -3.45. The molecular weight excluding hydrogens is 268 g/mol. The SMILES string of the molecule is CN(C)S(=O)(=O)c1ccc(NC2CNC(=O)C2)nc1. The molecule has 104 valence electrons. The van der Waals surface area contributed by atoms with Gasteiger partial charge in [0.2, 0.25) is 15.9 Å². The number of anilines is 1. The van der Waals surface area contributed by atoms with Crippen LogP contribution < -0.4 is 10.6 Å². The molecule has 1 aromatic heterocycles. The van der Waals surface area contributed by atoms with Gasteiger partial charge in [-0.3, -0.25) is 4.79 Å². The number of aromatic nitrogens is 1. The molecule has 7 nitrogen and oxygen atoms in total. The number of hydrogen-bond donors (Lipinski definition) is 2. The molecule has 8 heteroatoms. The summed E-state index contributed by atoms with van der Waals surface area (Å²) in [5.41, 5.74) is 0. The molecule has 1 amide bonds. The molecule has 0 bridgehead atoms. The molecule has 0 aromatic carbocycles. The average molecular weight is 284 g/mol. The summed E-state index contributed by atoms with van der Waals surface area (Å²) in [7, 11) is -0.514. The van der Waals surface area contributed by atoms with E-state index in [2.05, 4.69) is 15.6 Å². The molecule has 1 aliphatic heterocycles. The molecule has 2 N–H and O–H groups in total. The third-order valence-corrected chi connectivity index (χ3v) is 4.64. The molecule has 2 heterocycles. The van der Waals surface area contributed by atoms with Crippen molar-refractivity contribution < 1.29 is 13.2 Å². The fourth-order valence-corrected chi connectivity index (χ4v) is 2.59. The number of sulfonamides is 1. The predicted molar refractivity (Wildman–Crippen MR) is 70.1 cm³/mol. The number of nitrogens with one attached hydrogen (secondary N) is 2. The van der Waals surface area contributed by atoms with E-state index in [0.29, 0.717) is 18.8 Å². The molecule has 1 atom stereocenters. The van der Waals surface area contributed by atoms with Crippen LogP contribution >= 0.6 is 0 Å². The Hall–Kier alpha value is -1.67. The lowest BCUT2D eigenvalue weighted by atomic mass is 10.2. The van der Waals surface area contributed by atoms with E-state index in [1.165, 1.54) is 26.4 Å². The van der Waals surface area contributed by atoms with Gasteiger partial charge < -0.3 is 10.6 Å². The van der Waals surface area contributed by atoms with Crippen molar-refractivity contribution in [1.29, 1.82) is 0 Å². The number of rotatable bonds is 4. The van der Waals surface area contributed by atoms with Crippen molar-refractivity contribution in [1.82, 2.24) is 14.6 Å². The number of nitrogens with zero attached hydrogens (tertiary/aromatic N) is 2. The van der Waals surface area contributed by atoms with Gasteiger partial charge in [-0.25, -0.2) is 17.7 Å². The fraction of sp³-hybridized carbons (Fsp3) is 0.455. The van der Waals surface area contributed by atoms with Gasteiger partial charge in [0.1, 0.15) is 10.7 Å². The van der Waals surface area contributed by atoms with Gasteiger partial charge in [-0.2, -0.15) is 0 Å². The first-order valence-corrected chi connectivity index (χ1v) is 7.25. The quantitative estimate of drug-likeness (QED) is 0.787. The second-order valence-electron chi connectivity index (χ2n) is 4.52. The summed E-state index contributed by atoms with van der Waals surface area (Å²) < 4.78 is 24.8. The van der Waals surface area contributed by atoms with Crippen LogP contribution in [0.2, 0.25) is 0 Å². The number of hydrogen-bond acceptors (Lipinski definition) is 5. The summed E-state index contributed by atoms with van der Waals surface area (Å²) in [6, 6.07) is 3.09. The van der Waals surface area contributed by atoms with Gasteiger partial charge in [-0.05, 0) is 12.1 Å². The van der Waals surface area contributed by atoms with Crippen LogP contribution in [-0.2, 0) is 14.8 Å². The van der Waals surface area contributed by atoms with Crippen LogP contribution in [0.1, 0.15) is 6.42 Å². The highest BCUT2D eigenvalue weighted by molar-refractivity contribution is 7.89. The standard InChI is InChI=1S/C11H16N4O3S/c1-15(2)19(17,18)9-3-4-10(12-7-9)14-8-5-11(16)13-6-8/h3-4,7-8H,5-6H2,1-2H3,(H,12,14)(H,13,16). The number of carbonyl (C=O) groups is 1. The van der Waals surface area contributed by atoms with E-state index < -0.39 is 10.0 Å². The van der Waals surface area contributed by atoms with E-state index in [1.807, 2.05) is 0 Å². The summed E-state index contributed by atoms with van der Waals surface area (Å²) in [5.74, 6) is 0.559. The summed E-state index contributed by atoms with van der Waals surface area (Å²) in [5, 5.41) is 5.78. The van der Waals surface area contributed by atoms with Crippen molar-refractivity contribution in [3.63, 3.8) is 0 Å². The fourth-order valence-electron chi connectivity index (χ4n) is 1.75. The maximum Gasteiger partial charge on any atom is 0.244 e.